The van der Waals surface area contributed by atoms with Crippen LogP contribution in [-0.2, 0) is 41.1 Å². The van der Waals surface area contributed by atoms with Gasteiger partial charge in [-0.15, -0.1) is 0 Å². The van der Waals surface area contributed by atoms with Crippen LogP contribution in [0.1, 0.15) is 56.1 Å². The lowest BCUT2D eigenvalue weighted by Gasteiger charge is -2.38. The molecule has 5 heterocycles. The van der Waals surface area contributed by atoms with Crippen molar-refractivity contribution in [2.45, 2.75) is 76.3 Å². The quantitative estimate of drug-likeness (QED) is 0.103. The van der Waals surface area contributed by atoms with Crippen LogP contribution in [0, 0.1) is 0 Å². The minimum atomic E-state index is -1.17. The minimum Gasteiger partial charge on any atom is -0.390 e. The number of aliphatic hydroxyl groups is 2. The van der Waals surface area contributed by atoms with E-state index >= 15 is 0 Å². The second-order valence-corrected chi connectivity index (χ2v) is 20.5. The molecule has 9 rings (SSSR count). The third kappa shape index (κ3) is 10.9. The number of hydrogen-bond donors (Lipinski definition) is 3. The molecule has 3 amide bonds. The third-order valence-electron chi connectivity index (χ3n) is 13.8. The Kier molecular flexibility index (Phi) is 14.5. The van der Waals surface area contributed by atoms with Crippen molar-refractivity contribution in [1.29, 1.82) is 0 Å². The molecule has 2 aliphatic heterocycles. The molecule has 0 radical (unpaired) electrons. The first-order valence-electron chi connectivity index (χ1n) is 23.6. The summed E-state index contributed by atoms with van der Waals surface area (Å²) < 4.78 is 7.22. The number of rotatable bonds is 15. The van der Waals surface area contributed by atoms with Gasteiger partial charge in [-0.1, -0.05) is 93.4 Å². The van der Waals surface area contributed by atoms with E-state index in [4.69, 9.17) is 0 Å². The lowest BCUT2D eigenvalue weighted by molar-refractivity contribution is -0.136. The van der Waals surface area contributed by atoms with Crippen LogP contribution in [0.4, 0.5) is 0 Å². The third-order valence-corrected chi connectivity index (χ3v) is 14.8. The molecule has 7 aromatic rings. The van der Waals surface area contributed by atoms with Gasteiger partial charge < -0.3 is 29.9 Å². The number of nitrogens with zero attached hydrogens (tertiary/aromatic N) is 8. The van der Waals surface area contributed by atoms with Gasteiger partial charge in [0, 0.05) is 115 Å². The van der Waals surface area contributed by atoms with Crippen LogP contribution in [0.15, 0.2) is 111 Å². The normalized spacial score (nSPS) is 16.3. The lowest BCUT2D eigenvalue weighted by atomic mass is 9.90. The maximum atomic E-state index is 13.7. The summed E-state index contributed by atoms with van der Waals surface area (Å²) in [6, 6.07) is 30.0. The van der Waals surface area contributed by atoms with E-state index in [9.17, 15) is 29.4 Å². The summed E-state index contributed by atoms with van der Waals surface area (Å²) in [7, 11) is 1.76. The van der Waals surface area contributed by atoms with Crippen molar-refractivity contribution < 1.29 is 24.6 Å². The number of carbonyl (C=O) groups excluding carboxylic acids is 3. The molecule has 17 heteroatoms. The zero-order valence-corrected chi connectivity index (χ0v) is 42.0. The topological polar surface area (TPSA) is 171 Å². The van der Waals surface area contributed by atoms with Crippen LogP contribution in [0.3, 0.4) is 0 Å². The predicted molar refractivity (Wildman–Crippen MR) is 273 cm³/mol. The number of amides is 3. The van der Waals surface area contributed by atoms with E-state index in [2.05, 4.69) is 81.0 Å². The van der Waals surface area contributed by atoms with E-state index in [0.29, 0.717) is 82.8 Å². The number of aryl methyl sites for hydroxylation is 1. The second kappa shape index (κ2) is 20.7. The highest BCUT2D eigenvalue weighted by Crippen LogP contribution is 2.34. The summed E-state index contributed by atoms with van der Waals surface area (Å²) in [5, 5.41) is 32.5. The summed E-state index contributed by atoms with van der Waals surface area (Å²) >= 11 is 7.20. The fraction of sp³-hybridized carbons (Fsp3) is 0.385. The Labute approximate surface area is 417 Å². The molecule has 2 fully saturated rings. The first-order chi connectivity index (χ1) is 33.2. The molecule has 2 aliphatic rings. The fourth-order valence-electron chi connectivity index (χ4n) is 9.91. The van der Waals surface area contributed by atoms with Crippen LogP contribution >= 0.6 is 31.9 Å². The van der Waals surface area contributed by atoms with Gasteiger partial charge in [0.25, 0.3) is 5.56 Å². The summed E-state index contributed by atoms with van der Waals surface area (Å²) in [6.45, 7) is 6.50. The Morgan fingerprint density at radius 2 is 1.42 bits per heavy atom. The van der Waals surface area contributed by atoms with E-state index in [1.807, 2.05) is 73.7 Å². The van der Waals surface area contributed by atoms with Crippen LogP contribution < -0.4 is 10.9 Å². The molecule has 15 nitrogen and oxygen atoms in total. The molecule has 3 aromatic heterocycles. The molecule has 0 saturated carbocycles. The Balaban J connectivity index is 0.716. The van der Waals surface area contributed by atoms with Gasteiger partial charge >= 0.3 is 0 Å². The number of hydrogen-bond acceptors (Lipinski definition) is 9. The second-order valence-electron chi connectivity index (χ2n) is 18.7. The monoisotopic (exact) mass is 1060 g/mol. The van der Waals surface area contributed by atoms with Crippen LogP contribution in [-0.4, -0.2) is 124 Å². The Morgan fingerprint density at radius 1 is 0.783 bits per heavy atom. The largest absolute Gasteiger partial charge is 0.390 e. The Bertz CT molecular complexity index is 3010. The van der Waals surface area contributed by atoms with Crippen LogP contribution in [0.2, 0.25) is 0 Å². The standard InChI is InChI=1S/C52H57Br2N9O6/c1-34(36-6-4-3-5-7-36)26-47(67)60-20-18-52(69,19-21-60)32-62-33-56-48-49(51(62)68)57-58(2)50(48)37-10-8-35(9-11-37)29-55-45(65)16-17-46(66)61-24-22-59(23-25-61)30-40(64)31-63-43-14-12-38(53)27-41(43)42-28-39(54)13-15-44(42)63/h3-15,27-28,33-34,40,64,69H,16-26,29-32H2,1-2H3,(H,55,65)/t34-,40-/m1/s1. The average molecular weight is 1060 g/mol. The zero-order valence-electron chi connectivity index (χ0n) is 38.9. The number of β-amino-alcohol motifs (C(OH)–C–C–N with tert-alkyl or cyclic N) is 1. The number of aliphatic hydroxyl groups excluding tert-OH is 1. The molecule has 360 valence electrons. The highest BCUT2D eigenvalue weighted by atomic mass is 79.9. The molecule has 3 N–H and O–H groups in total. The molecule has 69 heavy (non-hydrogen) atoms. The van der Waals surface area contributed by atoms with Crippen molar-refractivity contribution in [2.75, 3.05) is 45.8 Å². The number of halogens is 2. The number of benzene rings is 4. The van der Waals surface area contributed by atoms with E-state index in [-0.39, 0.29) is 60.6 Å². The molecule has 2 atom stereocenters. The van der Waals surface area contributed by atoms with E-state index < -0.39 is 11.7 Å². The summed E-state index contributed by atoms with van der Waals surface area (Å²) in [4.78, 5) is 63.3. The number of aromatic nitrogens is 5. The van der Waals surface area contributed by atoms with Gasteiger partial charge in [-0.2, -0.15) is 5.10 Å². The van der Waals surface area contributed by atoms with Crippen LogP contribution in [0.5, 0.6) is 0 Å². The number of likely N-dealkylation sites (tertiary alicyclic amines) is 1. The number of fused-ring (bicyclic) bond motifs is 4. The van der Waals surface area contributed by atoms with E-state index in [1.165, 1.54) is 10.9 Å². The Hall–Kier alpha value is -5.72. The summed E-state index contributed by atoms with van der Waals surface area (Å²) in [6.07, 6.45) is 2.14. The molecule has 0 aliphatic carbocycles. The van der Waals surface area contributed by atoms with Gasteiger partial charge in [-0.05, 0) is 66.3 Å². The predicted octanol–water partition coefficient (Wildman–Crippen LogP) is 6.58. The lowest BCUT2D eigenvalue weighted by Crippen LogP contribution is -2.50. The number of nitrogens with one attached hydrogen (secondary N) is 1. The average Bonchev–Trinajstić information content (AvgIpc) is 3.84. The Morgan fingerprint density at radius 3 is 2.07 bits per heavy atom. The van der Waals surface area contributed by atoms with Gasteiger partial charge in [0.05, 0.1) is 36.8 Å². The minimum absolute atomic E-state index is 0.0465. The first-order valence-corrected chi connectivity index (χ1v) is 25.2. The molecule has 0 unspecified atom stereocenters. The van der Waals surface area contributed by atoms with Crippen molar-refractivity contribution in [1.82, 2.24) is 43.9 Å². The number of piperidine rings is 1. The van der Waals surface area contributed by atoms with E-state index in [1.54, 1.807) is 21.5 Å². The molecule has 0 spiro atoms. The smallest absolute Gasteiger partial charge is 0.281 e. The summed E-state index contributed by atoms with van der Waals surface area (Å²) in [5.74, 6) is -0.125. The van der Waals surface area contributed by atoms with Crippen molar-refractivity contribution >= 4 is 82.4 Å². The van der Waals surface area contributed by atoms with Crippen molar-refractivity contribution in [3.8, 4) is 11.3 Å². The van der Waals surface area contributed by atoms with E-state index in [0.717, 1.165) is 47.4 Å². The highest BCUT2D eigenvalue weighted by Gasteiger charge is 2.35. The first kappa shape index (κ1) is 48.3. The maximum Gasteiger partial charge on any atom is 0.281 e. The van der Waals surface area contributed by atoms with Crippen LogP contribution in [0.25, 0.3) is 44.1 Å². The zero-order chi connectivity index (χ0) is 48.4. The number of carbonyl (C=O) groups is 3. The van der Waals surface area contributed by atoms with Crippen molar-refractivity contribution in [3.05, 3.63) is 128 Å². The molecule has 0 bridgehead atoms. The molecule has 4 aromatic carbocycles. The molecular formula is C52H57Br2N9O6. The van der Waals surface area contributed by atoms with Crippen molar-refractivity contribution in [2.24, 2.45) is 7.05 Å². The highest BCUT2D eigenvalue weighted by molar-refractivity contribution is 9.10. The molecule has 2 saturated heterocycles. The van der Waals surface area contributed by atoms with Gasteiger partial charge in [0.1, 0.15) is 5.52 Å². The summed E-state index contributed by atoms with van der Waals surface area (Å²) in [5.41, 5.74) is 4.69. The molecular weight excluding hydrogens is 1010 g/mol. The number of piperazine rings is 1. The SMILES string of the molecule is C[C@H](CC(=O)N1CCC(O)(Cn2cnc3c(-c4ccc(CNC(=O)CCC(=O)N5CCN(C[C@@H](O)Cn6c7ccc(Br)cc7c7cc(Br)ccc76)CC5)cc4)n(C)nc3c2=O)CC1)c1ccccc1. The fourth-order valence-corrected chi connectivity index (χ4v) is 10.6. The van der Waals surface area contributed by atoms with Gasteiger partial charge in [0.15, 0.2) is 5.52 Å². The van der Waals surface area contributed by atoms with Gasteiger partial charge in [0.2, 0.25) is 17.7 Å². The van der Waals surface area contributed by atoms with Gasteiger partial charge in [-0.3, -0.25) is 33.3 Å². The maximum absolute atomic E-state index is 13.7. The van der Waals surface area contributed by atoms with Gasteiger partial charge in [-0.25, -0.2) is 4.98 Å². The van der Waals surface area contributed by atoms with Crippen molar-refractivity contribution in [3.63, 3.8) is 0 Å².